The molecule has 0 bridgehead atoms. The van der Waals surface area contributed by atoms with Gasteiger partial charge in [0.25, 0.3) is 0 Å². The second-order valence-electron chi connectivity index (χ2n) is 6.69. The molecule has 0 spiro atoms. The van der Waals surface area contributed by atoms with Crippen LogP contribution in [0.1, 0.15) is 22.6 Å². The lowest BCUT2D eigenvalue weighted by molar-refractivity contribution is 0.144. The molecule has 1 amide bonds. The number of nitrogens with two attached hydrogens (primary N) is 1. The second kappa shape index (κ2) is 8.73. The molecule has 0 fully saturated rings. The number of halogens is 2. The summed E-state index contributed by atoms with van der Waals surface area (Å²) in [5.74, 6) is 0.0159. The fourth-order valence-electron chi connectivity index (χ4n) is 3.54. The number of nitrogens with one attached hydrogen (secondary N) is 1. The van der Waals surface area contributed by atoms with Crippen molar-refractivity contribution in [1.82, 2.24) is 15.3 Å². The summed E-state index contributed by atoms with van der Waals surface area (Å²) in [5, 5.41) is 2.96. The van der Waals surface area contributed by atoms with E-state index in [2.05, 4.69) is 39.6 Å². The third-order valence-electron chi connectivity index (χ3n) is 4.86. The Kier molecular flexibility index (Phi) is 5.88. The first-order valence-electron chi connectivity index (χ1n) is 9.28. The first-order valence-corrected chi connectivity index (χ1v) is 10.0. The zero-order valence-electron chi connectivity index (χ0n) is 15.8. The highest BCUT2D eigenvalue weighted by Gasteiger charge is 2.28. The number of hydrogen-bond donors (Lipinski definition) is 2. The molecule has 4 rings (SSSR count). The van der Waals surface area contributed by atoms with Gasteiger partial charge in [-0.2, -0.15) is 0 Å². The van der Waals surface area contributed by atoms with Crippen molar-refractivity contribution in [3.63, 3.8) is 0 Å². The predicted octanol–water partition coefficient (Wildman–Crippen LogP) is 4.92. The van der Waals surface area contributed by atoms with E-state index in [0.29, 0.717) is 5.56 Å². The van der Waals surface area contributed by atoms with Crippen molar-refractivity contribution in [2.24, 2.45) is 0 Å². The van der Waals surface area contributed by atoms with Crippen LogP contribution in [0.2, 0.25) is 10.3 Å². The molecule has 1 aliphatic carbocycles. The zero-order valence-corrected chi connectivity index (χ0v) is 17.3. The van der Waals surface area contributed by atoms with Crippen LogP contribution in [0.15, 0.2) is 54.6 Å². The zero-order chi connectivity index (χ0) is 21.1. The fraction of sp³-hybridized carbons (Fsp3) is 0.136. The van der Waals surface area contributed by atoms with Crippen LogP contribution in [0.5, 0.6) is 0 Å². The largest absolute Gasteiger partial charge is 0.449 e. The molecule has 1 aromatic heterocycles. The Morgan fingerprint density at radius 2 is 1.60 bits per heavy atom. The number of anilines is 1. The van der Waals surface area contributed by atoms with Gasteiger partial charge in [-0.1, -0.05) is 83.9 Å². The number of rotatable bonds is 5. The lowest BCUT2D eigenvalue weighted by Crippen LogP contribution is -2.26. The van der Waals surface area contributed by atoms with Crippen molar-refractivity contribution in [2.75, 3.05) is 18.9 Å². The monoisotopic (exact) mass is 440 g/mol. The van der Waals surface area contributed by atoms with Crippen LogP contribution >= 0.6 is 23.2 Å². The molecule has 6 nitrogen and oxygen atoms in total. The highest BCUT2D eigenvalue weighted by atomic mass is 35.5. The van der Waals surface area contributed by atoms with Gasteiger partial charge in [-0.25, -0.2) is 14.8 Å². The van der Waals surface area contributed by atoms with E-state index in [1.165, 1.54) is 22.3 Å². The molecular weight excluding hydrogens is 423 g/mol. The van der Waals surface area contributed by atoms with E-state index in [1.807, 2.05) is 24.3 Å². The number of amides is 1. The molecule has 0 saturated heterocycles. The SMILES string of the molecule is Nc1nc(Cl)c(C=CCNC(=O)OCC2c3ccccc3-c3ccccc32)c(Cl)n1. The van der Waals surface area contributed by atoms with Crippen LogP contribution in [0.4, 0.5) is 10.7 Å². The van der Waals surface area contributed by atoms with Gasteiger partial charge in [0, 0.05) is 18.0 Å². The average Bonchev–Trinajstić information content (AvgIpc) is 3.05. The topological polar surface area (TPSA) is 90.1 Å². The molecule has 3 aromatic rings. The Balaban J connectivity index is 1.35. The third kappa shape index (κ3) is 4.10. The maximum absolute atomic E-state index is 12.2. The van der Waals surface area contributed by atoms with Crippen LogP contribution in [-0.2, 0) is 4.74 Å². The van der Waals surface area contributed by atoms with Gasteiger partial charge in [0.05, 0.1) is 0 Å². The van der Waals surface area contributed by atoms with Crippen LogP contribution < -0.4 is 11.1 Å². The van der Waals surface area contributed by atoms with Crippen LogP contribution in [0.3, 0.4) is 0 Å². The third-order valence-corrected chi connectivity index (χ3v) is 5.44. The Morgan fingerprint density at radius 3 is 2.20 bits per heavy atom. The minimum atomic E-state index is -0.507. The molecule has 0 aliphatic heterocycles. The van der Waals surface area contributed by atoms with Crippen LogP contribution in [-0.4, -0.2) is 29.2 Å². The number of fused-ring (bicyclic) bond motifs is 3. The molecule has 0 unspecified atom stereocenters. The van der Waals surface area contributed by atoms with Crippen molar-refractivity contribution in [3.8, 4) is 11.1 Å². The number of aromatic nitrogens is 2. The average molecular weight is 441 g/mol. The van der Waals surface area contributed by atoms with Crippen molar-refractivity contribution < 1.29 is 9.53 Å². The maximum Gasteiger partial charge on any atom is 0.407 e. The van der Waals surface area contributed by atoms with Crippen LogP contribution in [0, 0.1) is 0 Å². The predicted molar refractivity (Wildman–Crippen MR) is 119 cm³/mol. The number of alkyl carbamates (subject to hydrolysis) is 1. The molecule has 0 radical (unpaired) electrons. The van der Waals surface area contributed by atoms with Gasteiger partial charge in [0.1, 0.15) is 16.9 Å². The highest BCUT2D eigenvalue weighted by molar-refractivity contribution is 6.35. The first kappa shape index (κ1) is 20.2. The van der Waals surface area contributed by atoms with E-state index < -0.39 is 6.09 Å². The second-order valence-corrected chi connectivity index (χ2v) is 7.40. The summed E-state index contributed by atoms with van der Waals surface area (Å²) in [7, 11) is 0. The molecule has 3 N–H and O–H groups in total. The molecule has 152 valence electrons. The van der Waals surface area contributed by atoms with E-state index in [-0.39, 0.29) is 35.3 Å². The number of hydrogen-bond acceptors (Lipinski definition) is 5. The van der Waals surface area contributed by atoms with E-state index in [4.69, 9.17) is 33.7 Å². The Hall–Kier alpha value is -3.09. The van der Waals surface area contributed by atoms with Crippen molar-refractivity contribution >= 4 is 41.3 Å². The number of nitrogens with zero attached hydrogens (tertiary/aromatic N) is 2. The Bertz CT molecular complexity index is 1070. The van der Waals surface area contributed by atoms with Gasteiger partial charge in [0.15, 0.2) is 0 Å². The van der Waals surface area contributed by atoms with Crippen molar-refractivity contribution in [1.29, 1.82) is 0 Å². The summed E-state index contributed by atoms with van der Waals surface area (Å²) in [6, 6.07) is 16.4. The summed E-state index contributed by atoms with van der Waals surface area (Å²) in [5.41, 5.74) is 10.6. The number of carbonyl (C=O) groups is 1. The molecular formula is C22H18Cl2N4O2. The number of ether oxygens (including phenoxy) is 1. The number of carbonyl (C=O) groups excluding carboxylic acids is 1. The van der Waals surface area contributed by atoms with E-state index in [9.17, 15) is 4.79 Å². The molecule has 0 atom stereocenters. The van der Waals surface area contributed by atoms with Gasteiger partial charge in [0.2, 0.25) is 5.95 Å². The lowest BCUT2D eigenvalue weighted by Gasteiger charge is -2.14. The minimum Gasteiger partial charge on any atom is -0.449 e. The summed E-state index contributed by atoms with van der Waals surface area (Å²) in [6.45, 7) is 0.487. The van der Waals surface area contributed by atoms with Gasteiger partial charge in [-0.3, -0.25) is 0 Å². The number of nitrogen functional groups attached to an aromatic ring is 1. The van der Waals surface area contributed by atoms with Crippen molar-refractivity contribution in [3.05, 3.63) is 81.6 Å². The summed E-state index contributed by atoms with van der Waals surface area (Å²) >= 11 is 12.0. The van der Waals surface area contributed by atoms with Crippen molar-refractivity contribution in [2.45, 2.75) is 5.92 Å². The molecule has 30 heavy (non-hydrogen) atoms. The fourth-order valence-corrected chi connectivity index (χ4v) is 4.06. The van der Waals surface area contributed by atoms with E-state index >= 15 is 0 Å². The molecule has 1 heterocycles. The van der Waals surface area contributed by atoms with Gasteiger partial charge < -0.3 is 15.8 Å². The molecule has 8 heteroatoms. The minimum absolute atomic E-state index is 0.00101. The van der Waals surface area contributed by atoms with Gasteiger partial charge >= 0.3 is 6.09 Å². The highest BCUT2D eigenvalue weighted by Crippen LogP contribution is 2.44. The first-order chi connectivity index (χ1) is 14.5. The lowest BCUT2D eigenvalue weighted by atomic mass is 9.98. The molecule has 1 aliphatic rings. The van der Waals surface area contributed by atoms with E-state index in [0.717, 1.165) is 0 Å². The van der Waals surface area contributed by atoms with Crippen LogP contribution in [0.25, 0.3) is 17.2 Å². The molecule has 0 saturated carbocycles. The summed E-state index contributed by atoms with van der Waals surface area (Å²) in [6.07, 6.45) is 2.79. The Morgan fingerprint density at radius 1 is 1.03 bits per heavy atom. The van der Waals surface area contributed by atoms with E-state index in [1.54, 1.807) is 12.2 Å². The smallest absolute Gasteiger partial charge is 0.407 e. The number of benzene rings is 2. The standard InChI is InChI=1S/C22H18Cl2N4O2/c23-19-17(20(24)28-21(25)27-19)10-5-11-26-22(29)30-12-18-15-8-3-1-6-13(15)14-7-2-4-9-16(14)18/h1-10,18H,11-12H2,(H,26,29)(H2,25,27,28). The quantitative estimate of drug-likeness (QED) is 0.549. The molecule has 2 aromatic carbocycles. The summed E-state index contributed by atoms with van der Waals surface area (Å²) in [4.78, 5) is 19.8. The van der Waals surface area contributed by atoms with Gasteiger partial charge in [-0.05, 0) is 22.3 Å². The van der Waals surface area contributed by atoms with Gasteiger partial charge in [-0.15, -0.1) is 0 Å². The normalized spacial score (nSPS) is 12.6. The summed E-state index contributed by atoms with van der Waals surface area (Å²) < 4.78 is 5.48. The maximum atomic E-state index is 12.2. The Labute approximate surface area is 183 Å².